The second kappa shape index (κ2) is 4.89. The molecule has 2 rings (SSSR count). The largest absolute Gasteiger partial charge is 0.369 e. The van der Waals surface area contributed by atoms with Gasteiger partial charge in [0.15, 0.2) is 5.78 Å². The van der Waals surface area contributed by atoms with Crippen LogP contribution in [0, 0.1) is 0 Å². The highest BCUT2D eigenvalue weighted by Crippen LogP contribution is 2.13. The minimum atomic E-state index is 0.0999. The number of benzene rings is 1. The summed E-state index contributed by atoms with van der Waals surface area (Å²) in [6.45, 7) is 0.615. The molecule has 0 fully saturated rings. The van der Waals surface area contributed by atoms with Crippen molar-refractivity contribution < 1.29 is 9.53 Å². The number of carbonyl (C=O) groups excluding carboxylic acids is 1. The predicted molar refractivity (Wildman–Crippen MR) is 58.4 cm³/mol. The summed E-state index contributed by atoms with van der Waals surface area (Å²) in [5.74, 6) is 0.203. The number of hydrogen-bond donors (Lipinski definition) is 0. The lowest BCUT2D eigenvalue weighted by Gasteiger charge is -2.16. The Hall–Kier alpha value is -1.41. The fourth-order valence-electron chi connectivity index (χ4n) is 1.60. The summed E-state index contributed by atoms with van der Waals surface area (Å²) in [6, 6.07) is 10.1. The molecule has 1 aliphatic carbocycles. The van der Waals surface area contributed by atoms with E-state index in [4.69, 9.17) is 4.74 Å². The van der Waals surface area contributed by atoms with Gasteiger partial charge in [-0.15, -0.1) is 0 Å². The van der Waals surface area contributed by atoms with Crippen molar-refractivity contribution in [2.24, 2.45) is 0 Å². The molecule has 1 aromatic carbocycles. The SMILES string of the molecule is O=C1C=C[C@@H](OCc2ccccc2)CC1. The maximum atomic E-state index is 10.9. The molecular weight excluding hydrogens is 188 g/mol. The van der Waals surface area contributed by atoms with Crippen molar-refractivity contribution in [1.29, 1.82) is 0 Å². The van der Waals surface area contributed by atoms with Gasteiger partial charge in [-0.2, -0.15) is 0 Å². The lowest BCUT2D eigenvalue weighted by Crippen LogP contribution is -2.16. The van der Waals surface area contributed by atoms with Gasteiger partial charge in [0.1, 0.15) is 0 Å². The Morgan fingerprint density at radius 1 is 1.27 bits per heavy atom. The first-order valence-electron chi connectivity index (χ1n) is 5.21. The lowest BCUT2D eigenvalue weighted by molar-refractivity contribution is -0.115. The maximum absolute atomic E-state index is 10.9. The molecule has 1 atom stereocenters. The van der Waals surface area contributed by atoms with Gasteiger partial charge >= 0.3 is 0 Å². The van der Waals surface area contributed by atoms with Crippen LogP contribution in [0.2, 0.25) is 0 Å². The summed E-state index contributed by atoms with van der Waals surface area (Å²) in [5, 5.41) is 0. The third kappa shape index (κ3) is 3.03. The fourth-order valence-corrected chi connectivity index (χ4v) is 1.60. The smallest absolute Gasteiger partial charge is 0.155 e. The average molecular weight is 202 g/mol. The van der Waals surface area contributed by atoms with Crippen LogP contribution < -0.4 is 0 Å². The highest BCUT2D eigenvalue weighted by molar-refractivity contribution is 5.90. The molecule has 0 N–H and O–H groups in total. The first kappa shape index (κ1) is 10.1. The van der Waals surface area contributed by atoms with Crippen molar-refractivity contribution in [3.8, 4) is 0 Å². The molecule has 1 aliphatic rings. The quantitative estimate of drug-likeness (QED) is 0.752. The summed E-state index contributed by atoms with van der Waals surface area (Å²) < 4.78 is 5.68. The standard InChI is InChI=1S/C13H14O2/c14-12-6-8-13(9-7-12)15-10-11-4-2-1-3-5-11/h1-6,8,13H,7,9-10H2/t13-/m1/s1. The van der Waals surface area contributed by atoms with Crippen molar-refractivity contribution in [2.75, 3.05) is 0 Å². The van der Waals surface area contributed by atoms with E-state index in [1.807, 2.05) is 36.4 Å². The van der Waals surface area contributed by atoms with Crippen LogP contribution in [0.25, 0.3) is 0 Å². The highest BCUT2D eigenvalue weighted by atomic mass is 16.5. The first-order chi connectivity index (χ1) is 7.34. The molecule has 0 spiro atoms. The van der Waals surface area contributed by atoms with E-state index in [9.17, 15) is 4.79 Å². The average Bonchev–Trinajstić information content (AvgIpc) is 2.30. The molecule has 0 aromatic heterocycles. The van der Waals surface area contributed by atoms with Gasteiger partial charge in [0.25, 0.3) is 0 Å². The molecular formula is C13H14O2. The molecule has 78 valence electrons. The number of rotatable bonds is 3. The van der Waals surface area contributed by atoms with Crippen molar-refractivity contribution >= 4 is 5.78 Å². The zero-order chi connectivity index (χ0) is 10.5. The molecule has 0 saturated heterocycles. The van der Waals surface area contributed by atoms with Crippen molar-refractivity contribution in [2.45, 2.75) is 25.6 Å². The maximum Gasteiger partial charge on any atom is 0.155 e. The van der Waals surface area contributed by atoms with E-state index >= 15 is 0 Å². The van der Waals surface area contributed by atoms with E-state index in [2.05, 4.69) is 0 Å². The topological polar surface area (TPSA) is 26.3 Å². The fraction of sp³-hybridized carbons (Fsp3) is 0.308. The Bertz CT molecular complexity index is 354. The highest BCUT2D eigenvalue weighted by Gasteiger charge is 2.12. The van der Waals surface area contributed by atoms with Gasteiger partial charge in [-0.1, -0.05) is 36.4 Å². The number of ketones is 1. The van der Waals surface area contributed by atoms with E-state index in [-0.39, 0.29) is 11.9 Å². The second-order valence-corrected chi connectivity index (χ2v) is 3.70. The van der Waals surface area contributed by atoms with Gasteiger partial charge in [0.05, 0.1) is 12.7 Å². The minimum Gasteiger partial charge on any atom is -0.369 e. The zero-order valence-electron chi connectivity index (χ0n) is 8.56. The number of allylic oxidation sites excluding steroid dienone is 1. The van der Waals surface area contributed by atoms with Crippen LogP contribution in [0.1, 0.15) is 18.4 Å². The molecule has 0 saturated carbocycles. The molecule has 2 nitrogen and oxygen atoms in total. The van der Waals surface area contributed by atoms with Gasteiger partial charge in [0.2, 0.25) is 0 Å². The van der Waals surface area contributed by atoms with Crippen LogP contribution in [-0.2, 0) is 16.1 Å². The van der Waals surface area contributed by atoms with Crippen molar-refractivity contribution in [1.82, 2.24) is 0 Å². The molecule has 0 unspecified atom stereocenters. The van der Waals surface area contributed by atoms with Crippen molar-refractivity contribution in [3.05, 3.63) is 48.0 Å². The van der Waals surface area contributed by atoms with E-state index in [1.54, 1.807) is 6.08 Å². The Balaban J connectivity index is 1.84. The van der Waals surface area contributed by atoms with Gasteiger partial charge in [-0.3, -0.25) is 4.79 Å². The second-order valence-electron chi connectivity index (χ2n) is 3.70. The first-order valence-corrected chi connectivity index (χ1v) is 5.21. The summed E-state index contributed by atoms with van der Waals surface area (Å²) in [5.41, 5.74) is 1.17. The van der Waals surface area contributed by atoms with Gasteiger partial charge in [-0.05, 0) is 18.1 Å². The van der Waals surface area contributed by atoms with E-state index in [0.29, 0.717) is 13.0 Å². The van der Waals surface area contributed by atoms with Gasteiger partial charge < -0.3 is 4.74 Å². The third-order valence-corrected chi connectivity index (χ3v) is 2.48. The van der Waals surface area contributed by atoms with E-state index in [0.717, 1.165) is 6.42 Å². The molecule has 0 aliphatic heterocycles. The summed E-state index contributed by atoms with van der Waals surface area (Å²) >= 11 is 0. The monoisotopic (exact) mass is 202 g/mol. The Kier molecular flexibility index (Phi) is 3.30. The summed E-state index contributed by atoms with van der Waals surface area (Å²) in [4.78, 5) is 10.9. The molecule has 0 amide bonds. The molecule has 0 bridgehead atoms. The Morgan fingerprint density at radius 2 is 2.07 bits per heavy atom. The molecule has 0 radical (unpaired) electrons. The summed E-state index contributed by atoms with van der Waals surface area (Å²) in [7, 11) is 0. The molecule has 15 heavy (non-hydrogen) atoms. The van der Waals surface area contributed by atoms with E-state index in [1.165, 1.54) is 5.56 Å². The normalized spacial score (nSPS) is 20.5. The van der Waals surface area contributed by atoms with Crippen LogP contribution in [-0.4, -0.2) is 11.9 Å². The van der Waals surface area contributed by atoms with Crippen LogP contribution in [0.4, 0.5) is 0 Å². The van der Waals surface area contributed by atoms with E-state index < -0.39 is 0 Å². The van der Waals surface area contributed by atoms with Crippen LogP contribution in [0.15, 0.2) is 42.5 Å². The minimum absolute atomic E-state index is 0.0999. The van der Waals surface area contributed by atoms with Crippen LogP contribution in [0.3, 0.4) is 0 Å². The van der Waals surface area contributed by atoms with Gasteiger partial charge in [-0.25, -0.2) is 0 Å². The number of carbonyl (C=O) groups is 1. The number of hydrogen-bond acceptors (Lipinski definition) is 2. The third-order valence-electron chi connectivity index (χ3n) is 2.48. The van der Waals surface area contributed by atoms with Crippen molar-refractivity contribution in [3.63, 3.8) is 0 Å². The molecule has 1 aromatic rings. The lowest BCUT2D eigenvalue weighted by atomic mass is 10.0. The molecule has 2 heteroatoms. The number of ether oxygens (including phenoxy) is 1. The zero-order valence-corrected chi connectivity index (χ0v) is 8.56. The predicted octanol–water partition coefficient (Wildman–Crippen LogP) is 2.49. The Morgan fingerprint density at radius 3 is 2.73 bits per heavy atom. The Labute approximate surface area is 89.6 Å². The van der Waals surface area contributed by atoms with Gasteiger partial charge in [0, 0.05) is 6.42 Å². The molecule has 0 heterocycles. The summed E-state index contributed by atoms with van der Waals surface area (Å²) in [6.07, 6.45) is 4.99. The van der Waals surface area contributed by atoms with Crippen LogP contribution in [0.5, 0.6) is 0 Å². The van der Waals surface area contributed by atoms with Crippen LogP contribution >= 0.6 is 0 Å².